The van der Waals surface area contributed by atoms with Gasteiger partial charge in [0.25, 0.3) is 5.56 Å². The molecule has 1 aliphatic carbocycles. The average Bonchev–Trinajstić information content (AvgIpc) is 2.94. The van der Waals surface area contributed by atoms with Crippen molar-refractivity contribution in [1.82, 2.24) is 14.9 Å². The zero-order valence-electron chi connectivity index (χ0n) is 22.3. The summed E-state index contributed by atoms with van der Waals surface area (Å²) in [5, 5.41) is 4.19. The normalized spacial score (nSPS) is 13.3. The van der Waals surface area contributed by atoms with Gasteiger partial charge in [-0.1, -0.05) is 41.6 Å². The molecule has 202 valence electrons. The molecule has 38 heavy (non-hydrogen) atoms. The molecule has 2 aromatic carbocycles. The van der Waals surface area contributed by atoms with Crippen molar-refractivity contribution in [3.8, 4) is 11.5 Å². The van der Waals surface area contributed by atoms with E-state index >= 15 is 0 Å². The summed E-state index contributed by atoms with van der Waals surface area (Å²) in [7, 11) is 0. The SMILES string of the molecule is CCOc1ccc(CCNC(=O)CSc2nc3ccccc3c(=O)n2CCC2=CCCCC2)cc1OCC. The van der Waals surface area contributed by atoms with Crippen LogP contribution in [0, 0.1) is 0 Å². The Hall–Kier alpha value is -3.26. The molecule has 0 atom stereocenters. The lowest BCUT2D eigenvalue weighted by Gasteiger charge is -2.16. The van der Waals surface area contributed by atoms with Crippen molar-refractivity contribution in [3.63, 3.8) is 0 Å². The summed E-state index contributed by atoms with van der Waals surface area (Å²) in [5.74, 6) is 1.56. The third-order valence-corrected chi connectivity index (χ3v) is 7.52. The Kier molecular flexibility index (Phi) is 10.3. The standard InChI is InChI=1S/C30H37N3O4S/c1-3-36-26-15-14-23(20-27(26)37-4-2)16-18-31-28(34)21-38-30-32-25-13-9-8-12-24(25)29(35)33(30)19-17-22-10-6-5-7-11-22/h8-10,12-15,20H,3-7,11,16-19,21H2,1-2H3,(H,31,34). The Morgan fingerprint density at radius 2 is 1.87 bits per heavy atom. The number of para-hydroxylation sites is 1. The Bertz CT molecular complexity index is 1330. The molecule has 0 aliphatic heterocycles. The molecule has 3 aromatic rings. The van der Waals surface area contributed by atoms with E-state index in [0.29, 0.717) is 48.8 Å². The molecule has 7 nitrogen and oxygen atoms in total. The molecule has 1 heterocycles. The molecular formula is C30H37N3O4S. The van der Waals surface area contributed by atoms with Crippen LogP contribution in [0.15, 0.2) is 64.1 Å². The molecule has 0 unspecified atom stereocenters. The molecule has 1 aliphatic rings. The first-order valence-corrected chi connectivity index (χ1v) is 14.5. The van der Waals surface area contributed by atoms with Crippen LogP contribution in [0.1, 0.15) is 51.5 Å². The Balaban J connectivity index is 1.38. The van der Waals surface area contributed by atoms with E-state index in [1.807, 2.05) is 56.3 Å². The first kappa shape index (κ1) is 27.8. The molecular weight excluding hydrogens is 498 g/mol. The first-order chi connectivity index (χ1) is 18.6. The largest absolute Gasteiger partial charge is 0.490 e. The quantitative estimate of drug-likeness (QED) is 0.176. The number of carbonyl (C=O) groups is 1. The smallest absolute Gasteiger partial charge is 0.262 e. The van der Waals surface area contributed by atoms with Crippen molar-refractivity contribution in [2.75, 3.05) is 25.5 Å². The number of benzene rings is 2. The van der Waals surface area contributed by atoms with Crippen molar-refractivity contribution >= 4 is 28.6 Å². The number of hydrogen-bond acceptors (Lipinski definition) is 6. The minimum atomic E-state index is -0.0880. The summed E-state index contributed by atoms with van der Waals surface area (Å²) in [5.41, 5.74) is 3.09. The van der Waals surface area contributed by atoms with Crippen LogP contribution >= 0.6 is 11.8 Å². The third kappa shape index (κ3) is 7.40. The first-order valence-electron chi connectivity index (χ1n) is 13.5. The molecule has 0 saturated heterocycles. The lowest BCUT2D eigenvalue weighted by molar-refractivity contribution is -0.118. The molecule has 8 heteroatoms. The van der Waals surface area contributed by atoms with Gasteiger partial charge in [0.15, 0.2) is 16.7 Å². The fraction of sp³-hybridized carbons (Fsp3) is 0.433. The second-order valence-electron chi connectivity index (χ2n) is 9.26. The number of rotatable bonds is 13. The second kappa shape index (κ2) is 14.0. The van der Waals surface area contributed by atoms with Crippen LogP contribution in [-0.2, 0) is 17.8 Å². The van der Waals surface area contributed by atoms with Crippen molar-refractivity contribution in [3.05, 3.63) is 70.0 Å². The van der Waals surface area contributed by atoms with Crippen LogP contribution in [0.5, 0.6) is 11.5 Å². The molecule has 0 saturated carbocycles. The monoisotopic (exact) mass is 535 g/mol. The maximum absolute atomic E-state index is 13.3. The Labute approximate surface area is 228 Å². The highest BCUT2D eigenvalue weighted by atomic mass is 32.2. The third-order valence-electron chi connectivity index (χ3n) is 6.54. The van der Waals surface area contributed by atoms with E-state index < -0.39 is 0 Å². The number of thioether (sulfide) groups is 1. The summed E-state index contributed by atoms with van der Waals surface area (Å²) < 4.78 is 13.1. The number of carbonyl (C=O) groups excluding carboxylic acids is 1. The van der Waals surface area contributed by atoms with Gasteiger partial charge in [0, 0.05) is 13.1 Å². The van der Waals surface area contributed by atoms with Gasteiger partial charge in [0.05, 0.1) is 29.9 Å². The van der Waals surface area contributed by atoms with Crippen LogP contribution in [0.25, 0.3) is 10.9 Å². The van der Waals surface area contributed by atoms with E-state index in [1.54, 1.807) is 4.57 Å². The molecule has 0 spiro atoms. The highest BCUT2D eigenvalue weighted by molar-refractivity contribution is 7.99. The number of nitrogens with zero attached hydrogens (tertiary/aromatic N) is 2. The van der Waals surface area contributed by atoms with Gasteiger partial charge in [-0.15, -0.1) is 0 Å². The molecule has 0 bridgehead atoms. The number of allylic oxidation sites excluding steroid dienone is 2. The number of aromatic nitrogens is 2. The predicted octanol–water partition coefficient (Wildman–Crippen LogP) is 5.54. The van der Waals surface area contributed by atoms with Crippen LogP contribution in [0.4, 0.5) is 0 Å². The van der Waals surface area contributed by atoms with E-state index in [0.717, 1.165) is 36.3 Å². The van der Waals surface area contributed by atoms with Gasteiger partial charge in [0.1, 0.15) is 0 Å². The van der Waals surface area contributed by atoms with Crippen LogP contribution < -0.4 is 20.3 Å². The van der Waals surface area contributed by atoms with E-state index in [2.05, 4.69) is 11.4 Å². The molecule has 1 aromatic heterocycles. The number of ether oxygens (including phenoxy) is 2. The number of hydrogen-bond donors (Lipinski definition) is 1. The Morgan fingerprint density at radius 1 is 1.05 bits per heavy atom. The summed E-state index contributed by atoms with van der Waals surface area (Å²) in [6.45, 7) is 6.10. The summed E-state index contributed by atoms with van der Waals surface area (Å²) in [6.07, 6.45) is 8.49. The van der Waals surface area contributed by atoms with E-state index in [-0.39, 0.29) is 17.2 Å². The molecule has 4 rings (SSSR count). The maximum Gasteiger partial charge on any atom is 0.262 e. The lowest BCUT2D eigenvalue weighted by Crippen LogP contribution is -2.28. The fourth-order valence-electron chi connectivity index (χ4n) is 4.62. The minimum Gasteiger partial charge on any atom is -0.490 e. The van der Waals surface area contributed by atoms with Gasteiger partial charge in [0.2, 0.25) is 5.91 Å². The molecule has 0 fully saturated rings. The number of amides is 1. The number of nitrogens with one attached hydrogen (secondary N) is 1. The van der Waals surface area contributed by atoms with Crippen LogP contribution in [0.3, 0.4) is 0 Å². The summed E-state index contributed by atoms with van der Waals surface area (Å²) in [4.78, 5) is 30.7. The van der Waals surface area contributed by atoms with Gasteiger partial charge in [-0.25, -0.2) is 4.98 Å². The zero-order chi connectivity index (χ0) is 26.7. The summed E-state index contributed by atoms with van der Waals surface area (Å²) >= 11 is 1.32. The highest BCUT2D eigenvalue weighted by Gasteiger charge is 2.15. The average molecular weight is 536 g/mol. The summed E-state index contributed by atoms with van der Waals surface area (Å²) in [6, 6.07) is 13.3. The lowest BCUT2D eigenvalue weighted by atomic mass is 9.97. The van der Waals surface area contributed by atoms with Crippen LogP contribution in [0.2, 0.25) is 0 Å². The molecule has 1 N–H and O–H groups in total. The van der Waals surface area contributed by atoms with E-state index in [9.17, 15) is 9.59 Å². The fourth-order valence-corrected chi connectivity index (χ4v) is 5.48. The van der Waals surface area contributed by atoms with Crippen molar-refractivity contribution in [1.29, 1.82) is 0 Å². The van der Waals surface area contributed by atoms with Crippen molar-refractivity contribution < 1.29 is 14.3 Å². The van der Waals surface area contributed by atoms with Crippen LogP contribution in [-0.4, -0.2) is 41.0 Å². The zero-order valence-corrected chi connectivity index (χ0v) is 23.1. The predicted molar refractivity (Wildman–Crippen MR) is 153 cm³/mol. The molecule has 0 radical (unpaired) electrons. The van der Waals surface area contributed by atoms with Crippen molar-refractivity contribution in [2.45, 2.75) is 64.1 Å². The topological polar surface area (TPSA) is 82.5 Å². The van der Waals surface area contributed by atoms with Gasteiger partial charge in [-0.2, -0.15) is 0 Å². The van der Waals surface area contributed by atoms with Gasteiger partial charge in [-0.3, -0.25) is 14.2 Å². The number of fused-ring (bicyclic) bond motifs is 1. The highest BCUT2D eigenvalue weighted by Crippen LogP contribution is 2.28. The maximum atomic E-state index is 13.3. The second-order valence-corrected chi connectivity index (χ2v) is 10.2. The minimum absolute atomic E-state index is 0.0458. The van der Waals surface area contributed by atoms with Gasteiger partial charge < -0.3 is 14.8 Å². The Morgan fingerprint density at radius 3 is 2.66 bits per heavy atom. The van der Waals surface area contributed by atoms with Gasteiger partial charge >= 0.3 is 0 Å². The van der Waals surface area contributed by atoms with E-state index in [4.69, 9.17) is 14.5 Å². The van der Waals surface area contributed by atoms with Gasteiger partial charge in [-0.05, 0) is 82.2 Å². The van der Waals surface area contributed by atoms with Crippen molar-refractivity contribution in [2.24, 2.45) is 0 Å². The molecule has 1 amide bonds. The van der Waals surface area contributed by atoms with E-state index in [1.165, 1.54) is 30.2 Å².